The van der Waals surface area contributed by atoms with E-state index in [1.165, 1.54) is 0 Å². The highest BCUT2D eigenvalue weighted by Crippen LogP contribution is 2.31. The molecular weight excluding hydrogens is 258 g/mol. The molecule has 0 atom stereocenters. The van der Waals surface area contributed by atoms with E-state index in [0.717, 1.165) is 10.0 Å². The molecule has 0 saturated carbocycles. The lowest BCUT2D eigenvalue weighted by Crippen LogP contribution is -2.01. The van der Waals surface area contributed by atoms with E-state index in [2.05, 4.69) is 20.9 Å². The van der Waals surface area contributed by atoms with Crippen molar-refractivity contribution in [2.45, 2.75) is 0 Å². The maximum Gasteiger partial charge on any atom is 0.228 e. The minimum Gasteiger partial charge on any atom is -0.480 e. The summed E-state index contributed by atoms with van der Waals surface area (Å²) in [7, 11) is 5.46. The van der Waals surface area contributed by atoms with E-state index in [-0.39, 0.29) is 0 Å². The Kier molecular flexibility index (Phi) is 3.96. The van der Waals surface area contributed by atoms with Crippen LogP contribution in [0.5, 0.6) is 5.88 Å². The molecule has 0 spiro atoms. The van der Waals surface area contributed by atoms with Crippen LogP contribution in [0.25, 0.3) is 6.08 Å². The number of halogens is 1. The molecule has 0 amide bonds. The van der Waals surface area contributed by atoms with Crippen LogP contribution in [0.1, 0.15) is 5.56 Å². The van der Waals surface area contributed by atoms with Crippen LogP contribution in [0, 0.1) is 0 Å². The van der Waals surface area contributed by atoms with Crippen molar-refractivity contribution in [3.05, 3.63) is 22.4 Å². The molecule has 0 fully saturated rings. The smallest absolute Gasteiger partial charge is 0.228 e. The van der Waals surface area contributed by atoms with Crippen LogP contribution in [0.3, 0.4) is 0 Å². The second kappa shape index (κ2) is 5.02. The predicted molar refractivity (Wildman–Crippen MR) is 65.6 cm³/mol. The van der Waals surface area contributed by atoms with Crippen molar-refractivity contribution in [3.8, 4) is 5.88 Å². The third kappa shape index (κ3) is 2.86. The van der Waals surface area contributed by atoms with Crippen LogP contribution in [0.4, 0.5) is 5.69 Å². The summed E-state index contributed by atoms with van der Waals surface area (Å²) in [6.45, 7) is 0. The Bertz CT molecular complexity index is 377. The fourth-order valence-electron chi connectivity index (χ4n) is 1.03. The molecule has 0 saturated heterocycles. The number of ether oxygens (including phenoxy) is 1. The Morgan fingerprint density at radius 2 is 2.20 bits per heavy atom. The monoisotopic (exact) mass is 271 g/mol. The van der Waals surface area contributed by atoms with Crippen molar-refractivity contribution in [1.82, 2.24) is 9.88 Å². The summed E-state index contributed by atoms with van der Waals surface area (Å²) < 4.78 is 5.85. The fourth-order valence-corrected chi connectivity index (χ4v) is 1.66. The predicted octanol–water partition coefficient (Wildman–Crippen LogP) is 1.97. The number of pyridine rings is 1. The fraction of sp³-hybridized carbons (Fsp3) is 0.300. The zero-order valence-electron chi connectivity index (χ0n) is 8.99. The van der Waals surface area contributed by atoms with Crippen molar-refractivity contribution in [2.24, 2.45) is 0 Å². The van der Waals surface area contributed by atoms with Gasteiger partial charge in [0.1, 0.15) is 0 Å². The highest BCUT2D eigenvalue weighted by molar-refractivity contribution is 9.10. The van der Waals surface area contributed by atoms with Crippen LogP contribution in [-0.2, 0) is 0 Å². The van der Waals surface area contributed by atoms with E-state index in [9.17, 15) is 0 Å². The second-order valence-electron chi connectivity index (χ2n) is 3.23. The number of nitrogen functional groups attached to an aromatic ring is 1. The van der Waals surface area contributed by atoms with Gasteiger partial charge in [-0.2, -0.15) is 0 Å². The van der Waals surface area contributed by atoms with E-state index in [1.807, 2.05) is 31.3 Å². The zero-order chi connectivity index (χ0) is 11.4. The molecule has 0 aromatic carbocycles. The van der Waals surface area contributed by atoms with E-state index < -0.39 is 0 Å². The number of hydrogen-bond donors (Lipinski definition) is 1. The average molecular weight is 272 g/mol. The molecule has 2 N–H and O–H groups in total. The molecule has 0 unspecified atom stereocenters. The van der Waals surface area contributed by atoms with Crippen molar-refractivity contribution >= 4 is 27.7 Å². The van der Waals surface area contributed by atoms with Crippen LogP contribution >= 0.6 is 15.9 Å². The summed E-state index contributed by atoms with van der Waals surface area (Å²) in [6, 6.07) is 0. The number of methoxy groups -OCH3 is 1. The number of aromatic nitrogens is 1. The minimum atomic E-state index is 0.530. The highest BCUT2D eigenvalue weighted by Gasteiger charge is 2.08. The molecule has 1 heterocycles. The third-order valence-electron chi connectivity index (χ3n) is 1.79. The Morgan fingerprint density at radius 3 is 2.73 bits per heavy atom. The molecule has 0 aliphatic rings. The normalized spacial score (nSPS) is 10.7. The van der Waals surface area contributed by atoms with Gasteiger partial charge in [0, 0.05) is 19.7 Å². The van der Waals surface area contributed by atoms with Gasteiger partial charge in [-0.3, -0.25) is 0 Å². The Balaban J connectivity index is 3.15. The third-order valence-corrected chi connectivity index (χ3v) is 2.56. The van der Waals surface area contributed by atoms with Gasteiger partial charge < -0.3 is 15.4 Å². The van der Waals surface area contributed by atoms with E-state index in [4.69, 9.17) is 10.5 Å². The Labute approximate surface area is 97.9 Å². The molecule has 5 heteroatoms. The van der Waals surface area contributed by atoms with Crippen molar-refractivity contribution in [2.75, 3.05) is 26.9 Å². The molecule has 1 aromatic heterocycles. The molecule has 15 heavy (non-hydrogen) atoms. The minimum absolute atomic E-state index is 0.530. The summed E-state index contributed by atoms with van der Waals surface area (Å²) in [5.74, 6) is 0.530. The SMILES string of the molecule is COc1ncc(N)c(C=CN(C)C)c1Br. The molecular formula is C10H14BrN3O. The van der Waals surface area contributed by atoms with Gasteiger partial charge in [-0.05, 0) is 28.2 Å². The first-order valence-corrected chi connectivity index (χ1v) is 5.18. The second-order valence-corrected chi connectivity index (χ2v) is 4.02. The standard InChI is InChI=1S/C10H14BrN3O/c1-14(2)5-4-7-8(12)6-13-10(15-3)9(7)11/h4-6H,12H2,1-3H3. The maximum atomic E-state index is 5.81. The zero-order valence-corrected chi connectivity index (χ0v) is 10.6. The maximum absolute atomic E-state index is 5.81. The lowest BCUT2D eigenvalue weighted by atomic mass is 10.2. The van der Waals surface area contributed by atoms with E-state index in [1.54, 1.807) is 13.3 Å². The summed E-state index contributed by atoms with van der Waals surface area (Å²) in [6.07, 6.45) is 5.40. The molecule has 1 rings (SSSR count). The van der Waals surface area contributed by atoms with Gasteiger partial charge in [0.15, 0.2) is 0 Å². The number of nitrogens with zero attached hydrogens (tertiary/aromatic N) is 2. The first-order chi connectivity index (χ1) is 7.06. The summed E-state index contributed by atoms with van der Waals surface area (Å²) in [4.78, 5) is 5.97. The highest BCUT2D eigenvalue weighted by atomic mass is 79.9. The summed E-state index contributed by atoms with van der Waals surface area (Å²) >= 11 is 3.41. The van der Waals surface area contributed by atoms with Gasteiger partial charge in [-0.25, -0.2) is 4.98 Å². The molecule has 0 radical (unpaired) electrons. The first-order valence-electron chi connectivity index (χ1n) is 4.39. The number of anilines is 1. The van der Waals surface area contributed by atoms with Crippen molar-refractivity contribution in [1.29, 1.82) is 0 Å². The van der Waals surface area contributed by atoms with Gasteiger partial charge in [0.25, 0.3) is 0 Å². The van der Waals surface area contributed by atoms with Gasteiger partial charge in [-0.15, -0.1) is 0 Å². The Hall–Kier alpha value is -1.23. The van der Waals surface area contributed by atoms with Crippen LogP contribution in [0.15, 0.2) is 16.9 Å². The van der Waals surface area contributed by atoms with Gasteiger partial charge in [0.2, 0.25) is 5.88 Å². The first kappa shape index (κ1) is 11.8. The molecule has 4 nitrogen and oxygen atoms in total. The van der Waals surface area contributed by atoms with Gasteiger partial charge >= 0.3 is 0 Å². The van der Waals surface area contributed by atoms with Crippen LogP contribution in [-0.4, -0.2) is 31.1 Å². The molecule has 82 valence electrons. The largest absolute Gasteiger partial charge is 0.480 e. The van der Waals surface area contributed by atoms with Gasteiger partial charge in [-0.1, -0.05) is 0 Å². The number of rotatable bonds is 3. The lowest BCUT2D eigenvalue weighted by Gasteiger charge is -2.09. The number of nitrogens with two attached hydrogens (primary N) is 1. The van der Waals surface area contributed by atoms with Crippen molar-refractivity contribution in [3.63, 3.8) is 0 Å². The topological polar surface area (TPSA) is 51.4 Å². The van der Waals surface area contributed by atoms with E-state index in [0.29, 0.717) is 11.6 Å². The molecule has 0 aliphatic carbocycles. The number of hydrogen-bond acceptors (Lipinski definition) is 4. The molecule has 0 aliphatic heterocycles. The van der Waals surface area contributed by atoms with Crippen LogP contribution in [0.2, 0.25) is 0 Å². The Morgan fingerprint density at radius 1 is 1.53 bits per heavy atom. The van der Waals surface area contributed by atoms with E-state index >= 15 is 0 Å². The van der Waals surface area contributed by atoms with Crippen LogP contribution < -0.4 is 10.5 Å². The summed E-state index contributed by atoms with van der Waals surface area (Å²) in [5.41, 5.74) is 7.30. The molecule has 0 bridgehead atoms. The summed E-state index contributed by atoms with van der Waals surface area (Å²) in [5, 5.41) is 0. The van der Waals surface area contributed by atoms with Crippen molar-refractivity contribution < 1.29 is 4.74 Å². The molecule has 1 aromatic rings. The lowest BCUT2D eigenvalue weighted by molar-refractivity contribution is 0.395. The van der Waals surface area contributed by atoms with Gasteiger partial charge in [0.05, 0.1) is 23.5 Å². The average Bonchev–Trinajstić information content (AvgIpc) is 2.17. The quantitative estimate of drug-likeness (QED) is 0.914.